The van der Waals surface area contributed by atoms with Crippen LogP contribution in [0.25, 0.3) is 0 Å². The highest BCUT2D eigenvalue weighted by Gasteiger charge is 2.05. The first-order valence-electron chi connectivity index (χ1n) is 7.91. The number of amides is 1. The van der Waals surface area contributed by atoms with Crippen LogP contribution in [0, 0.1) is 13.8 Å². The number of carbonyl (C=O) groups excluding carboxylic acids is 1. The highest BCUT2D eigenvalue weighted by Crippen LogP contribution is 2.19. The molecule has 3 nitrogen and oxygen atoms in total. The zero-order valence-corrected chi connectivity index (χ0v) is 13.2. The Labute approximate surface area is 127 Å². The van der Waals surface area contributed by atoms with E-state index in [9.17, 15) is 4.79 Å². The highest BCUT2D eigenvalue weighted by atomic mass is 16.1. The summed E-state index contributed by atoms with van der Waals surface area (Å²) in [5, 5.41) is 6.16. The number of benzene rings is 1. The maximum Gasteiger partial charge on any atom is 0.238 e. The Morgan fingerprint density at radius 3 is 2.76 bits per heavy atom. The minimum absolute atomic E-state index is 0.0240. The van der Waals surface area contributed by atoms with Crippen molar-refractivity contribution >= 4 is 11.6 Å². The lowest BCUT2D eigenvalue weighted by atomic mass is 9.97. The minimum atomic E-state index is 0.0240. The molecule has 1 aliphatic carbocycles. The van der Waals surface area contributed by atoms with Crippen LogP contribution in [0.2, 0.25) is 0 Å². The van der Waals surface area contributed by atoms with Gasteiger partial charge in [0.15, 0.2) is 0 Å². The van der Waals surface area contributed by atoms with Gasteiger partial charge < -0.3 is 10.6 Å². The second kappa shape index (κ2) is 7.99. The van der Waals surface area contributed by atoms with E-state index in [0.717, 1.165) is 18.7 Å². The second-order valence-corrected chi connectivity index (χ2v) is 5.88. The third-order valence-electron chi connectivity index (χ3n) is 4.08. The average molecular weight is 286 g/mol. The van der Waals surface area contributed by atoms with E-state index < -0.39 is 0 Å². The molecule has 0 aliphatic heterocycles. The van der Waals surface area contributed by atoms with Crippen molar-refractivity contribution in [2.75, 3.05) is 18.4 Å². The van der Waals surface area contributed by atoms with Crippen molar-refractivity contribution in [1.82, 2.24) is 5.32 Å². The molecular formula is C18H26N2O. The van der Waals surface area contributed by atoms with Gasteiger partial charge in [-0.15, -0.1) is 0 Å². The van der Waals surface area contributed by atoms with Gasteiger partial charge in [0.1, 0.15) is 0 Å². The zero-order valence-electron chi connectivity index (χ0n) is 13.2. The molecule has 0 heterocycles. The second-order valence-electron chi connectivity index (χ2n) is 5.88. The molecule has 1 amide bonds. The largest absolute Gasteiger partial charge is 0.325 e. The summed E-state index contributed by atoms with van der Waals surface area (Å²) >= 11 is 0. The molecule has 0 atom stereocenters. The summed E-state index contributed by atoms with van der Waals surface area (Å²) in [5.41, 5.74) is 4.86. The summed E-state index contributed by atoms with van der Waals surface area (Å²) in [4.78, 5) is 11.9. The molecule has 3 heteroatoms. The lowest BCUT2D eigenvalue weighted by molar-refractivity contribution is -0.115. The summed E-state index contributed by atoms with van der Waals surface area (Å²) in [5.74, 6) is 0.0240. The quantitative estimate of drug-likeness (QED) is 0.618. The van der Waals surface area contributed by atoms with Gasteiger partial charge in [0.2, 0.25) is 5.91 Å². The van der Waals surface area contributed by atoms with Crippen molar-refractivity contribution in [3.63, 3.8) is 0 Å². The first-order chi connectivity index (χ1) is 10.1. The van der Waals surface area contributed by atoms with E-state index in [0.29, 0.717) is 6.54 Å². The van der Waals surface area contributed by atoms with Crippen LogP contribution >= 0.6 is 0 Å². The van der Waals surface area contributed by atoms with Crippen LogP contribution in [0.4, 0.5) is 5.69 Å². The Balaban J connectivity index is 1.67. The first kappa shape index (κ1) is 15.8. The van der Waals surface area contributed by atoms with Crippen LogP contribution in [-0.2, 0) is 4.79 Å². The molecule has 0 saturated heterocycles. The smallest absolute Gasteiger partial charge is 0.238 e. The van der Waals surface area contributed by atoms with Crippen molar-refractivity contribution in [2.24, 2.45) is 0 Å². The SMILES string of the molecule is Cc1ccc(NC(=O)CNCCC2=CCCCC2)cc1C. The minimum Gasteiger partial charge on any atom is -0.325 e. The third kappa shape index (κ3) is 5.35. The van der Waals surface area contributed by atoms with Gasteiger partial charge in [0.25, 0.3) is 0 Å². The van der Waals surface area contributed by atoms with Crippen molar-refractivity contribution in [1.29, 1.82) is 0 Å². The van der Waals surface area contributed by atoms with Crippen molar-refractivity contribution in [3.8, 4) is 0 Å². The normalized spacial score (nSPS) is 14.7. The number of hydrogen-bond acceptors (Lipinski definition) is 2. The summed E-state index contributed by atoms with van der Waals surface area (Å²) < 4.78 is 0. The van der Waals surface area contributed by atoms with E-state index in [1.807, 2.05) is 18.2 Å². The fraction of sp³-hybridized carbons (Fsp3) is 0.500. The van der Waals surface area contributed by atoms with Crippen LogP contribution in [0.3, 0.4) is 0 Å². The van der Waals surface area contributed by atoms with Crippen molar-refractivity contribution in [2.45, 2.75) is 46.0 Å². The lowest BCUT2D eigenvalue weighted by Gasteiger charge is -2.13. The molecule has 0 saturated carbocycles. The highest BCUT2D eigenvalue weighted by molar-refractivity contribution is 5.92. The number of rotatable bonds is 6. The average Bonchev–Trinajstić information content (AvgIpc) is 2.49. The van der Waals surface area contributed by atoms with E-state index in [1.54, 1.807) is 5.57 Å². The van der Waals surface area contributed by atoms with Crippen LogP contribution in [0.15, 0.2) is 29.8 Å². The van der Waals surface area contributed by atoms with Gasteiger partial charge in [0.05, 0.1) is 6.54 Å². The van der Waals surface area contributed by atoms with Gasteiger partial charge in [-0.25, -0.2) is 0 Å². The predicted molar refractivity (Wildman–Crippen MR) is 88.6 cm³/mol. The van der Waals surface area contributed by atoms with E-state index in [2.05, 4.69) is 30.6 Å². The molecule has 0 unspecified atom stereocenters. The Morgan fingerprint density at radius 1 is 1.19 bits per heavy atom. The van der Waals surface area contributed by atoms with Crippen LogP contribution in [-0.4, -0.2) is 19.0 Å². The fourth-order valence-electron chi connectivity index (χ4n) is 2.61. The molecule has 2 N–H and O–H groups in total. The van der Waals surface area contributed by atoms with Gasteiger partial charge in [-0.05, 0) is 75.8 Å². The Hall–Kier alpha value is -1.61. The summed E-state index contributed by atoms with van der Waals surface area (Å²) in [6.45, 7) is 5.38. The number of aryl methyl sites for hydroxylation is 2. The molecular weight excluding hydrogens is 260 g/mol. The van der Waals surface area contributed by atoms with E-state index in [1.165, 1.54) is 36.8 Å². The van der Waals surface area contributed by atoms with E-state index in [4.69, 9.17) is 0 Å². The molecule has 0 radical (unpaired) electrons. The maximum atomic E-state index is 11.9. The summed E-state index contributed by atoms with van der Waals surface area (Å²) in [6.07, 6.45) is 8.53. The third-order valence-corrected chi connectivity index (χ3v) is 4.08. The molecule has 0 bridgehead atoms. The molecule has 0 fully saturated rings. The molecule has 1 aromatic carbocycles. The first-order valence-corrected chi connectivity index (χ1v) is 7.91. The monoisotopic (exact) mass is 286 g/mol. The number of nitrogens with one attached hydrogen (secondary N) is 2. The van der Waals surface area contributed by atoms with Crippen molar-refractivity contribution < 1.29 is 4.79 Å². The zero-order chi connectivity index (χ0) is 15.1. The van der Waals surface area contributed by atoms with Gasteiger partial charge in [-0.2, -0.15) is 0 Å². The van der Waals surface area contributed by atoms with Gasteiger partial charge >= 0.3 is 0 Å². The summed E-state index contributed by atoms with van der Waals surface area (Å²) in [7, 11) is 0. The molecule has 114 valence electrons. The van der Waals surface area contributed by atoms with E-state index in [-0.39, 0.29) is 5.91 Å². The van der Waals surface area contributed by atoms with Gasteiger partial charge in [0, 0.05) is 5.69 Å². The molecule has 0 aromatic heterocycles. The topological polar surface area (TPSA) is 41.1 Å². The summed E-state index contributed by atoms with van der Waals surface area (Å²) in [6, 6.07) is 6.00. The Kier molecular flexibility index (Phi) is 6.00. The molecule has 0 spiro atoms. The lowest BCUT2D eigenvalue weighted by Crippen LogP contribution is -2.29. The van der Waals surface area contributed by atoms with Crippen LogP contribution in [0.5, 0.6) is 0 Å². The van der Waals surface area contributed by atoms with Crippen molar-refractivity contribution in [3.05, 3.63) is 41.0 Å². The molecule has 1 aliphatic rings. The molecule has 21 heavy (non-hydrogen) atoms. The maximum absolute atomic E-state index is 11.9. The Morgan fingerprint density at radius 2 is 2.05 bits per heavy atom. The van der Waals surface area contributed by atoms with Crippen LogP contribution < -0.4 is 10.6 Å². The van der Waals surface area contributed by atoms with Crippen LogP contribution in [0.1, 0.15) is 43.2 Å². The number of hydrogen-bond donors (Lipinski definition) is 2. The van der Waals surface area contributed by atoms with E-state index >= 15 is 0 Å². The number of allylic oxidation sites excluding steroid dienone is 1. The standard InChI is InChI=1S/C18H26N2O/c1-14-8-9-17(12-15(14)2)20-18(21)13-19-11-10-16-6-4-3-5-7-16/h6,8-9,12,19H,3-5,7,10-11,13H2,1-2H3,(H,20,21). The molecule has 2 rings (SSSR count). The number of carbonyl (C=O) groups is 1. The predicted octanol–water partition coefficient (Wildman–Crippen LogP) is 3.72. The molecule has 1 aromatic rings. The van der Waals surface area contributed by atoms with Gasteiger partial charge in [-0.3, -0.25) is 4.79 Å². The number of anilines is 1. The van der Waals surface area contributed by atoms with Gasteiger partial charge in [-0.1, -0.05) is 17.7 Å². The Bertz CT molecular complexity index is 520. The fourth-order valence-corrected chi connectivity index (χ4v) is 2.61.